The molecule has 0 atom stereocenters. The van der Waals surface area contributed by atoms with E-state index in [1.807, 2.05) is 0 Å². The van der Waals surface area contributed by atoms with Gasteiger partial charge in [-0.1, -0.05) is 23.2 Å². The highest BCUT2D eigenvalue weighted by Gasteiger charge is 2.31. The number of thiazole rings is 1. The first kappa shape index (κ1) is 18.1. The average molecular weight is 428 g/mol. The van der Waals surface area contributed by atoms with Gasteiger partial charge < -0.3 is 10.2 Å². The van der Waals surface area contributed by atoms with Gasteiger partial charge in [-0.2, -0.15) is 0 Å². The molecule has 0 radical (unpaired) electrons. The number of nitrogens with one attached hydrogen (secondary N) is 1. The van der Waals surface area contributed by atoms with Gasteiger partial charge in [0.25, 0.3) is 0 Å². The molecule has 0 aromatic carbocycles. The van der Waals surface area contributed by atoms with Gasteiger partial charge in [0, 0.05) is 24.7 Å². The van der Waals surface area contributed by atoms with E-state index in [1.165, 1.54) is 41.6 Å². The van der Waals surface area contributed by atoms with Crippen molar-refractivity contribution in [3.63, 3.8) is 0 Å². The Morgan fingerprint density at radius 3 is 2.65 bits per heavy atom. The van der Waals surface area contributed by atoms with Crippen molar-refractivity contribution < 1.29 is 9.59 Å². The maximum atomic E-state index is 12.7. The van der Waals surface area contributed by atoms with Gasteiger partial charge in [-0.3, -0.25) is 9.59 Å². The number of halogens is 2. The van der Waals surface area contributed by atoms with Crippen LogP contribution in [0.4, 0.5) is 0 Å². The van der Waals surface area contributed by atoms with Crippen molar-refractivity contribution in [2.75, 3.05) is 26.2 Å². The van der Waals surface area contributed by atoms with E-state index >= 15 is 0 Å². The Hall–Kier alpha value is -1.25. The minimum atomic E-state index is -0.249. The molecule has 0 spiro atoms. The monoisotopic (exact) mass is 427 g/mol. The number of rotatable bonds is 5. The van der Waals surface area contributed by atoms with E-state index in [0.29, 0.717) is 36.4 Å². The number of fused-ring (bicyclic) bond motifs is 1. The van der Waals surface area contributed by atoms with Crippen LogP contribution in [0.5, 0.6) is 0 Å². The van der Waals surface area contributed by atoms with Crippen molar-refractivity contribution in [3.8, 4) is 10.6 Å². The lowest BCUT2D eigenvalue weighted by molar-refractivity contribution is 0.0977. The molecule has 9 heteroatoms. The Labute approximate surface area is 168 Å². The number of ketones is 2. The summed E-state index contributed by atoms with van der Waals surface area (Å²) in [7, 11) is 0. The first-order valence-electron chi connectivity index (χ1n) is 8.26. The Morgan fingerprint density at radius 2 is 1.96 bits per heavy atom. The lowest BCUT2D eigenvalue weighted by atomic mass is 10.0. The smallest absolute Gasteiger partial charge is 0.228 e. The van der Waals surface area contributed by atoms with Gasteiger partial charge in [0.2, 0.25) is 5.78 Å². The van der Waals surface area contributed by atoms with Crippen LogP contribution in [0.25, 0.3) is 10.6 Å². The highest BCUT2D eigenvalue weighted by Crippen LogP contribution is 2.41. The van der Waals surface area contributed by atoms with E-state index in [0.717, 1.165) is 19.6 Å². The summed E-state index contributed by atoms with van der Waals surface area (Å²) < 4.78 is 1.04. The van der Waals surface area contributed by atoms with E-state index in [-0.39, 0.29) is 17.3 Å². The lowest BCUT2D eigenvalue weighted by Gasteiger charge is -2.17. The average Bonchev–Trinajstić information content (AvgIpc) is 3.32. The SMILES string of the molecule is O=C1C(NCCN2CCCC2)=CC(=O)c2sc(-c3cc(Cl)sc3Cl)nc21. The van der Waals surface area contributed by atoms with Crippen LogP contribution < -0.4 is 5.32 Å². The maximum Gasteiger partial charge on any atom is 0.228 e. The van der Waals surface area contributed by atoms with Gasteiger partial charge in [0.1, 0.15) is 19.9 Å². The number of aromatic nitrogens is 1. The number of carbonyl (C=O) groups excluding carboxylic acids is 2. The van der Waals surface area contributed by atoms with Gasteiger partial charge in [-0.25, -0.2) is 4.98 Å². The van der Waals surface area contributed by atoms with E-state index in [2.05, 4.69) is 15.2 Å². The molecule has 1 fully saturated rings. The molecule has 1 saturated heterocycles. The fourth-order valence-corrected chi connectivity index (χ4v) is 5.70. The van der Waals surface area contributed by atoms with Crippen molar-refractivity contribution in [3.05, 3.63) is 37.1 Å². The number of hydrogen-bond acceptors (Lipinski definition) is 7. The van der Waals surface area contributed by atoms with Crippen molar-refractivity contribution in [2.45, 2.75) is 12.8 Å². The molecule has 1 N–H and O–H groups in total. The van der Waals surface area contributed by atoms with Gasteiger partial charge in [-0.15, -0.1) is 22.7 Å². The second kappa shape index (κ2) is 7.40. The van der Waals surface area contributed by atoms with Crippen molar-refractivity contribution in [1.29, 1.82) is 0 Å². The summed E-state index contributed by atoms with van der Waals surface area (Å²) in [6.07, 6.45) is 3.82. The number of likely N-dealkylation sites (tertiary alicyclic amines) is 1. The van der Waals surface area contributed by atoms with Gasteiger partial charge in [0.15, 0.2) is 5.78 Å². The summed E-state index contributed by atoms with van der Waals surface area (Å²) >= 11 is 14.6. The minimum Gasteiger partial charge on any atom is -0.380 e. The minimum absolute atomic E-state index is 0.194. The first-order chi connectivity index (χ1) is 12.5. The van der Waals surface area contributed by atoms with Gasteiger partial charge in [-0.05, 0) is 32.0 Å². The third-order valence-corrected chi connectivity index (χ3v) is 7.01. The van der Waals surface area contributed by atoms with Crippen molar-refractivity contribution >= 4 is 57.4 Å². The molecule has 1 aliphatic heterocycles. The number of nitrogens with zero attached hydrogens (tertiary/aromatic N) is 2. The van der Waals surface area contributed by atoms with Crippen LogP contribution in [0, 0.1) is 0 Å². The van der Waals surface area contributed by atoms with Crippen LogP contribution in [0.2, 0.25) is 8.67 Å². The predicted molar refractivity (Wildman–Crippen MR) is 106 cm³/mol. The third kappa shape index (κ3) is 3.46. The molecule has 3 heterocycles. The molecule has 1 aliphatic carbocycles. The first-order valence-corrected chi connectivity index (χ1v) is 10.6. The molecular weight excluding hydrogens is 413 g/mol. The van der Waals surface area contributed by atoms with E-state index < -0.39 is 0 Å². The molecular formula is C17H15Cl2N3O2S2. The van der Waals surface area contributed by atoms with Crippen molar-refractivity contribution in [1.82, 2.24) is 15.2 Å². The predicted octanol–water partition coefficient (Wildman–Crippen LogP) is 4.13. The Bertz CT molecular complexity index is 913. The fourth-order valence-electron chi connectivity index (χ4n) is 3.12. The zero-order chi connectivity index (χ0) is 18.3. The van der Waals surface area contributed by atoms with Crippen LogP contribution in [0.1, 0.15) is 33.0 Å². The molecule has 2 aromatic heterocycles. The zero-order valence-electron chi connectivity index (χ0n) is 13.7. The number of Topliss-reactive ketones (excluding diaryl/α,β-unsaturated/α-hetero) is 1. The summed E-state index contributed by atoms with van der Waals surface area (Å²) in [5.41, 5.74) is 1.16. The summed E-state index contributed by atoms with van der Waals surface area (Å²) in [5, 5.41) is 3.64. The Kier molecular flexibility index (Phi) is 5.16. The van der Waals surface area contributed by atoms with Gasteiger partial charge in [0.05, 0.1) is 10.0 Å². The highest BCUT2D eigenvalue weighted by atomic mass is 35.5. The van der Waals surface area contributed by atoms with Gasteiger partial charge >= 0.3 is 0 Å². The lowest BCUT2D eigenvalue weighted by Crippen LogP contribution is -2.33. The molecule has 2 aliphatic rings. The molecule has 0 amide bonds. The number of allylic oxidation sites excluding steroid dienone is 2. The quantitative estimate of drug-likeness (QED) is 0.776. The second-order valence-corrected chi connectivity index (χ2v) is 9.45. The largest absolute Gasteiger partial charge is 0.380 e. The highest BCUT2D eigenvalue weighted by molar-refractivity contribution is 7.22. The summed E-state index contributed by atoms with van der Waals surface area (Å²) in [6.45, 7) is 3.68. The van der Waals surface area contributed by atoms with Crippen molar-refractivity contribution in [2.24, 2.45) is 0 Å². The normalized spacial score (nSPS) is 17.5. The molecule has 4 rings (SSSR count). The number of thiophene rings is 1. The third-order valence-electron chi connectivity index (χ3n) is 4.42. The Morgan fingerprint density at radius 1 is 1.19 bits per heavy atom. The maximum absolute atomic E-state index is 12.7. The zero-order valence-corrected chi connectivity index (χ0v) is 16.8. The molecule has 5 nitrogen and oxygen atoms in total. The molecule has 26 heavy (non-hydrogen) atoms. The van der Waals surface area contributed by atoms with E-state index in [1.54, 1.807) is 6.07 Å². The van der Waals surface area contributed by atoms with Crippen LogP contribution >= 0.6 is 45.9 Å². The molecule has 0 bridgehead atoms. The number of hydrogen-bond donors (Lipinski definition) is 1. The van der Waals surface area contributed by atoms with Crippen LogP contribution in [0.15, 0.2) is 17.8 Å². The van der Waals surface area contributed by atoms with Crippen LogP contribution in [0.3, 0.4) is 0 Å². The molecule has 0 saturated carbocycles. The number of carbonyl (C=O) groups is 2. The van der Waals surface area contributed by atoms with Crippen LogP contribution in [-0.2, 0) is 0 Å². The van der Waals surface area contributed by atoms with E-state index in [9.17, 15) is 9.59 Å². The summed E-state index contributed by atoms with van der Waals surface area (Å²) in [4.78, 5) is 32.2. The van der Waals surface area contributed by atoms with Crippen LogP contribution in [-0.4, -0.2) is 47.6 Å². The fraction of sp³-hybridized carbons (Fsp3) is 0.353. The summed E-state index contributed by atoms with van der Waals surface area (Å²) in [6, 6.07) is 1.70. The molecule has 136 valence electrons. The van der Waals surface area contributed by atoms with E-state index in [4.69, 9.17) is 23.2 Å². The molecule has 0 unspecified atom stereocenters. The topological polar surface area (TPSA) is 62.3 Å². The second-order valence-electron chi connectivity index (χ2n) is 6.16. The summed E-state index contributed by atoms with van der Waals surface area (Å²) in [5.74, 6) is -0.453. The standard InChI is InChI=1S/C17H15Cl2N3O2S2/c18-12-7-9(16(19)25-12)17-21-13-14(24)10(8-11(23)15(13)26-17)20-3-6-22-4-1-2-5-22/h7-8,20H,1-6H2. The Balaban J connectivity index is 1.52. The molecule has 2 aromatic rings.